The van der Waals surface area contributed by atoms with Gasteiger partial charge in [0.25, 0.3) is 5.69 Å². The molecule has 0 saturated heterocycles. The van der Waals surface area contributed by atoms with Crippen molar-refractivity contribution in [2.45, 2.75) is 0 Å². The summed E-state index contributed by atoms with van der Waals surface area (Å²) in [6.07, 6.45) is 0. The van der Waals surface area contributed by atoms with Crippen molar-refractivity contribution >= 4 is 78.8 Å². The second-order valence-corrected chi connectivity index (χ2v) is 3.08. The van der Waals surface area contributed by atoms with E-state index in [0.717, 1.165) is 0 Å². The first-order chi connectivity index (χ1) is 10.3. The summed E-state index contributed by atoms with van der Waals surface area (Å²) in [5.74, 6) is 0. The van der Waals surface area contributed by atoms with E-state index in [0.29, 0.717) is 0 Å². The standard InChI is InChI=1S/C6H5NO2.3BF4.K.H/c8-7(9)6-4-2-1-3-5-6;3*2-1(3,4)5;;/h1-5H;;;;;/q;3*-1;;. The summed E-state index contributed by atoms with van der Waals surface area (Å²) in [4.78, 5) is 9.59. The molecule has 0 radical (unpaired) electrons. The van der Waals surface area contributed by atoms with E-state index in [-0.39, 0.29) is 57.1 Å². The van der Waals surface area contributed by atoms with Crippen LogP contribution in [0.5, 0.6) is 0 Å². The summed E-state index contributed by atoms with van der Waals surface area (Å²) < 4.78 is 117. The van der Waals surface area contributed by atoms with Gasteiger partial charge in [-0.15, -0.1) is 0 Å². The second-order valence-electron chi connectivity index (χ2n) is 3.08. The minimum atomic E-state index is -6.00. The van der Waals surface area contributed by atoms with Gasteiger partial charge in [0.2, 0.25) is 0 Å². The van der Waals surface area contributed by atoms with Crippen LogP contribution in [-0.4, -0.2) is 78.1 Å². The Morgan fingerprint density at radius 1 is 0.640 bits per heavy atom. The molecule has 1 rings (SSSR count). The predicted octanol–water partition coefficient (Wildman–Crippen LogP) is 4.85. The molecule has 0 aliphatic heterocycles. The van der Waals surface area contributed by atoms with Crippen molar-refractivity contribution < 1.29 is 56.7 Å². The van der Waals surface area contributed by atoms with Crippen LogP contribution in [0.4, 0.5) is 57.5 Å². The normalized spacial score (nSPS) is 10.4. The molecule has 144 valence electrons. The summed E-state index contributed by atoms with van der Waals surface area (Å²) in [6, 6.07) is 7.93. The summed E-state index contributed by atoms with van der Waals surface area (Å²) >= 11 is 0. The van der Waals surface area contributed by atoms with Crippen LogP contribution in [0.1, 0.15) is 0 Å². The Morgan fingerprint density at radius 3 is 0.960 bits per heavy atom. The van der Waals surface area contributed by atoms with Crippen LogP contribution < -0.4 is 0 Å². The maximum absolute atomic E-state index is 10.0. The van der Waals surface area contributed by atoms with Gasteiger partial charge in [-0.1, -0.05) is 18.2 Å². The fraction of sp³-hybridized carbons (Fsp3) is 0. The van der Waals surface area contributed by atoms with E-state index in [9.17, 15) is 61.9 Å². The molecule has 25 heavy (non-hydrogen) atoms. The van der Waals surface area contributed by atoms with Gasteiger partial charge in [0.05, 0.1) is 4.92 Å². The van der Waals surface area contributed by atoms with Gasteiger partial charge < -0.3 is 51.8 Å². The molecular formula is C6H6B3F12KNO2-3. The number of non-ortho nitro benzene ring substituents is 1. The van der Waals surface area contributed by atoms with Gasteiger partial charge in [0.1, 0.15) is 0 Å². The first kappa shape index (κ1) is 32.3. The molecular weight excluding hydrogens is 418 g/mol. The van der Waals surface area contributed by atoms with Crippen molar-refractivity contribution in [3.8, 4) is 0 Å². The van der Waals surface area contributed by atoms with Crippen molar-refractivity contribution in [3.63, 3.8) is 0 Å². The number of halogens is 12. The first-order valence-corrected chi connectivity index (χ1v) is 5.12. The van der Waals surface area contributed by atoms with E-state index in [2.05, 4.69) is 0 Å². The van der Waals surface area contributed by atoms with Crippen molar-refractivity contribution in [3.05, 3.63) is 40.4 Å². The zero-order chi connectivity index (χ0) is 20.2. The molecule has 0 aliphatic rings. The van der Waals surface area contributed by atoms with Crippen LogP contribution in [0.15, 0.2) is 30.3 Å². The van der Waals surface area contributed by atoms with Crippen LogP contribution in [0.25, 0.3) is 0 Å². The molecule has 0 bridgehead atoms. The third kappa shape index (κ3) is 81.8. The van der Waals surface area contributed by atoms with E-state index < -0.39 is 26.7 Å². The van der Waals surface area contributed by atoms with Gasteiger partial charge in [-0.3, -0.25) is 10.1 Å². The summed E-state index contributed by atoms with van der Waals surface area (Å²) in [7, 11) is -18.0. The monoisotopic (exact) mass is 424 g/mol. The SMILES string of the molecule is F[B-](F)(F)F.F[B-](F)(F)F.F[B-](F)(F)F.O=[N+]([O-])c1ccccc1.[KH]. The van der Waals surface area contributed by atoms with Crippen LogP contribution >= 0.6 is 0 Å². The fourth-order valence-corrected chi connectivity index (χ4v) is 0.550. The molecule has 0 atom stereocenters. The molecule has 3 nitrogen and oxygen atoms in total. The number of hydrogen-bond acceptors (Lipinski definition) is 2. The summed E-state index contributed by atoms with van der Waals surface area (Å²) in [5.41, 5.74) is 0.137. The number of nitro benzene ring substituents is 1. The average molecular weight is 424 g/mol. The fourth-order valence-electron chi connectivity index (χ4n) is 0.550. The molecule has 0 saturated carbocycles. The van der Waals surface area contributed by atoms with Gasteiger partial charge in [-0.2, -0.15) is 0 Å². The number of nitro groups is 1. The second kappa shape index (κ2) is 14.7. The van der Waals surface area contributed by atoms with E-state index in [1.165, 1.54) is 12.1 Å². The van der Waals surface area contributed by atoms with Gasteiger partial charge >= 0.3 is 73.1 Å². The van der Waals surface area contributed by atoms with E-state index in [1.54, 1.807) is 18.2 Å². The third-order valence-electron chi connectivity index (χ3n) is 0.967. The molecule has 0 heterocycles. The Labute approximate surface area is 175 Å². The Balaban J connectivity index is -0.000000122. The Morgan fingerprint density at radius 2 is 0.840 bits per heavy atom. The first-order valence-electron chi connectivity index (χ1n) is 5.12. The molecule has 0 spiro atoms. The van der Waals surface area contributed by atoms with E-state index in [1.807, 2.05) is 0 Å². The molecule has 0 unspecified atom stereocenters. The van der Waals surface area contributed by atoms with Crippen LogP contribution in [0.2, 0.25) is 0 Å². The maximum atomic E-state index is 10.0. The van der Waals surface area contributed by atoms with Gasteiger partial charge in [-0.25, -0.2) is 0 Å². The minimum absolute atomic E-state index is 0. The predicted molar refractivity (Wildman–Crippen MR) is 70.8 cm³/mol. The number of nitrogens with zero attached hydrogens (tertiary/aromatic N) is 1. The van der Waals surface area contributed by atoms with Crippen LogP contribution in [0, 0.1) is 10.1 Å². The quantitative estimate of drug-likeness (QED) is 0.281. The van der Waals surface area contributed by atoms with Crippen LogP contribution in [0.3, 0.4) is 0 Å². The van der Waals surface area contributed by atoms with Crippen molar-refractivity contribution in [1.29, 1.82) is 0 Å². The third-order valence-corrected chi connectivity index (χ3v) is 0.967. The summed E-state index contributed by atoms with van der Waals surface area (Å²) in [6.45, 7) is 0. The van der Waals surface area contributed by atoms with Crippen molar-refractivity contribution in [2.24, 2.45) is 0 Å². The van der Waals surface area contributed by atoms with E-state index >= 15 is 0 Å². The zero-order valence-electron chi connectivity index (χ0n) is 10.9. The number of para-hydroxylation sites is 1. The molecule has 1 aromatic carbocycles. The topological polar surface area (TPSA) is 43.1 Å². The van der Waals surface area contributed by atoms with Crippen molar-refractivity contribution in [1.82, 2.24) is 0 Å². The molecule has 19 heteroatoms. The molecule has 0 fully saturated rings. The van der Waals surface area contributed by atoms with Crippen LogP contribution in [-0.2, 0) is 0 Å². The number of benzene rings is 1. The zero-order valence-corrected chi connectivity index (χ0v) is 10.9. The molecule has 1 aromatic rings. The van der Waals surface area contributed by atoms with Gasteiger partial charge in [0, 0.05) is 12.1 Å². The molecule has 0 amide bonds. The number of rotatable bonds is 1. The Bertz CT molecular complexity index is 406. The Hall–Kier alpha value is -0.389. The summed E-state index contributed by atoms with van der Waals surface area (Å²) in [5, 5.41) is 10.0. The van der Waals surface area contributed by atoms with Crippen molar-refractivity contribution in [2.75, 3.05) is 0 Å². The van der Waals surface area contributed by atoms with E-state index in [4.69, 9.17) is 0 Å². The Kier molecular flexibility index (Phi) is 19.1. The number of hydrogen-bond donors (Lipinski definition) is 0. The molecule has 0 aliphatic carbocycles. The van der Waals surface area contributed by atoms with Gasteiger partial charge in [0.15, 0.2) is 0 Å². The average Bonchev–Trinajstić information content (AvgIpc) is 2.23. The molecule has 0 aromatic heterocycles. The molecule has 0 N–H and O–H groups in total. The van der Waals surface area contributed by atoms with Gasteiger partial charge in [-0.05, 0) is 0 Å².